The number of nitrogens with zero attached hydrogens (tertiary/aromatic N) is 3. The number of amides is 2. The van der Waals surface area contributed by atoms with Gasteiger partial charge in [0.25, 0.3) is 0 Å². The number of hydrogen-bond donors (Lipinski definition) is 1. The number of hydrogen-bond acceptors (Lipinski definition) is 7. The Morgan fingerprint density at radius 1 is 1.12 bits per heavy atom. The summed E-state index contributed by atoms with van der Waals surface area (Å²) >= 11 is 0. The predicted molar refractivity (Wildman–Crippen MR) is 124 cm³/mol. The molecule has 182 valence electrons. The van der Waals surface area contributed by atoms with Gasteiger partial charge >= 0.3 is 12.1 Å². The number of nitrogens with one attached hydrogen (secondary N) is 1. The molecule has 0 saturated carbocycles. The molecule has 0 radical (unpaired) electrons. The minimum Gasteiger partial charge on any atom is -0.462 e. The van der Waals surface area contributed by atoms with Crippen molar-refractivity contribution in [3.05, 3.63) is 23.9 Å². The summed E-state index contributed by atoms with van der Waals surface area (Å²) in [6, 6.07) is 3.54. The Kier molecular flexibility index (Phi) is 8.15. The first-order valence-corrected chi connectivity index (χ1v) is 11.8. The van der Waals surface area contributed by atoms with Crippen molar-refractivity contribution in [1.82, 2.24) is 15.2 Å². The lowest BCUT2D eigenvalue weighted by molar-refractivity contribution is -0.127. The number of likely N-dealkylation sites (tertiary alicyclic amines) is 1. The van der Waals surface area contributed by atoms with Gasteiger partial charge in [-0.3, -0.25) is 4.79 Å². The molecule has 1 aromatic rings. The number of anilines is 1. The molecule has 2 saturated heterocycles. The van der Waals surface area contributed by atoms with Crippen LogP contribution in [0, 0.1) is 5.92 Å². The maximum atomic E-state index is 13.0. The molecule has 0 spiro atoms. The average molecular weight is 461 g/mol. The Hall–Kier alpha value is -2.84. The zero-order valence-electron chi connectivity index (χ0n) is 20.1. The maximum Gasteiger partial charge on any atom is 0.410 e. The fourth-order valence-electron chi connectivity index (χ4n) is 4.21. The van der Waals surface area contributed by atoms with Crippen LogP contribution >= 0.6 is 0 Å². The normalized spacial score (nSPS) is 21.3. The molecule has 9 heteroatoms. The van der Waals surface area contributed by atoms with E-state index in [4.69, 9.17) is 9.47 Å². The van der Waals surface area contributed by atoms with Gasteiger partial charge in [-0.1, -0.05) is 0 Å². The van der Waals surface area contributed by atoms with Gasteiger partial charge in [0.15, 0.2) is 0 Å². The smallest absolute Gasteiger partial charge is 0.410 e. The number of carbonyl (C=O) groups is 3. The molecule has 2 aliphatic rings. The van der Waals surface area contributed by atoms with E-state index in [2.05, 4.69) is 15.2 Å². The summed E-state index contributed by atoms with van der Waals surface area (Å²) in [7, 11) is 0. The van der Waals surface area contributed by atoms with Crippen molar-refractivity contribution < 1.29 is 23.9 Å². The minimum absolute atomic E-state index is 0.00897. The highest BCUT2D eigenvalue weighted by molar-refractivity contribution is 5.89. The van der Waals surface area contributed by atoms with E-state index in [0.717, 1.165) is 38.0 Å². The molecular formula is C24H36N4O5. The molecule has 2 atom stereocenters. The number of ether oxygens (including phenoxy) is 2. The summed E-state index contributed by atoms with van der Waals surface area (Å²) < 4.78 is 10.5. The largest absolute Gasteiger partial charge is 0.462 e. The fraction of sp³-hybridized carbons (Fsp3) is 0.667. The summed E-state index contributed by atoms with van der Waals surface area (Å²) in [5.41, 5.74) is -0.130. The third-order valence-corrected chi connectivity index (χ3v) is 5.79. The Labute approximate surface area is 195 Å². The molecule has 2 amide bonds. The Balaban J connectivity index is 1.54. The number of aromatic nitrogens is 1. The first-order chi connectivity index (χ1) is 15.7. The van der Waals surface area contributed by atoms with Gasteiger partial charge in [-0.2, -0.15) is 0 Å². The molecule has 0 aromatic carbocycles. The van der Waals surface area contributed by atoms with E-state index in [0.29, 0.717) is 31.8 Å². The van der Waals surface area contributed by atoms with E-state index >= 15 is 0 Å². The van der Waals surface area contributed by atoms with E-state index < -0.39 is 5.60 Å². The summed E-state index contributed by atoms with van der Waals surface area (Å²) in [6.07, 6.45) is 4.54. The van der Waals surface area contributed by atoms with Gasteiger partial charge in [-0.25, -0.2) is 14.6 Å². The predicted octanol–water partition coefficient (Wildman–Crippen LogP) is 2.99. The lowest BCUT2D eigenvalue weighted by Gasteiger charge is -2.36. The van der Waals surface area contributed by atoms with Crippen molar-refractivity contribution in [2.75, 3.05) is 37.7 Å². The van der Waals surface area contributed by atoms with Crippen LogP contribution in [-0.2, 0) is 14.3 Å². The van der Waals surface area contributed by atoms with E-state index in [1.54, 1.807) is 17.9 Å². The minimum atomic E-state index is -0.555. The third-order valence-electron chi connectivity index (χ3n) is 5.79. The van der Waals surface area contributed by atoms with Gasteiger partial charge in [0.05, 0.1) is 18.1 Å². The quantitative estimate of drug-likeness (QED) is 0.674. The highest BCUT2D eigenvalue weighted by Crippen LogP contribution is 2.22. The summed E-state index contributed by atoms with van der Waals surface area (Å²) in [4.78, 5) is 45.4. The molecule has 33 heavy (non-hydrogen) atoms. The van der Waals surface area contributed by atoms with E-state index in [-0.39, 0.29) is 29.9 Å². The highest BCUT2D eigenvalue weighted by atomic mass is 16.6. The van der Waals surface area contributed by atoms with Crippen molar-refractivity contribution >= 4 is 23.8 Å². The van der Waals surface area contributed by atoms with Gasteiger partial charge in [-0.05, 0) is 65.5 Å². The molecule has 3 rings (SSSR count). The first-order valence-electron chi connectivity index (χ1n) is 11.8. The van der Waals surface area contributed by atoms with Gasteiger partial charge in [0.1, 0.15) is 11.4 Å². The van der Waals surface area contributed by atoms with Crippen LogP contribution < -0.4 is 10.2 Å². The van der Waals surface area contributed by atoms with E-state index in [1.165, 1.54) is 6.20 Å². The van der Waals surface area contributed by atoms with Crippen molar-refractivity contribution in [2.45, 2.75) is 65.0 Å². The van der Waals surface area contributed by atoms with Crippen molar-refractivity contribution in [1.29, 1.82) is 0 Å². The standard InChI is InChI=1S/C24H36N4O5/c1-5-32-22(30)17-10-11-20(25-14-17)27-12-7-9-19(16-27)26-21(29)18-8-6-13-28(15-18)23(31)33-24(2,3)4/h10-11,14,18-19H,5-9,12-13,15-16H2,1-4H3,(H,26,29)/t18-,19-/m1/s1. The monoisotopic (exact) mass is 460 g/mol. The van der Waals surface area contributed by atoms with Crippen LogP contribution in [0.3, 0.4) is 0 Å². The molecule has 0 bridgehead atoms. The third kappa shape index (κ3) is 7.07. The van der Waals surface area contributed by atoms with Crippen molar-refractivity contribution in [2.24, 2.45) is 5.92 Å². The SMILES string of the molecule is CCOC(=O)c1ccc(N2CCC[C@@H](NC(=O)[C@@H]3CCCN(C(=O)OC(C)(C)C)C3)C2)nc1. The van der Waals surface area contributed by atoms with E-state index in [1.807, 2.05) is 26.8 Å². The number of rotatable bonds is 5. The van der Waals surface area contributed by atoms with Crippen LogP contribution in [0.15, 0.2) is 18.3 Å². The lowest BCUT2D eigenvalue weighted by Crippen LogP contribution is -2.52. The van der Waals surface area contributed by atoms with Crippen LogP contribution in [0.5, 0.6) is 0 Å². The highest BCUT2D eigenvalue weighted by Gasteiger charge is 2.32. The Bertz CT molecular complexity index is 836. The second-order valence-corrected chi connectivity index (χ2v) is 9.68. The fourth-order valence-corrected chi connectivity index (χ4v) is 4.21. The zero-order chi connectivity index (χ0) is 24.0. The molecule has 9 nitrogen and oxygen atoms in total. The van der Waals surface area contributed by atoms with Crippen LogP contribution in [0.4, 0.5) is 10.6 Å². The molecule has 0 aliphatic carbocycles. The average Bonchev–Trinajstić information content (AvgIpc) is 2.78. The van der Waals surface area contributed by atoms with Crippen molar-refractivity contribution in [3.63, 3.8) is 0 Å². The molecular weight excluding hydrogens is 424 g/mol. The summed E-state index contributed by atoms with van der Waals surface area (Å²) in [6.45, 7) is 10.1. The molecule has 2 fully saturated rings. The van der Waals surface area contributed by atoms with Crippen LogP contribution in [0.1, 0.15) is 63.7 Å². The summed E-state index contributed by atoms with van der Waals surface area (Å²) in [5.74, 6) is 0.147. The lowest BCUT2D eigenvalue weighted by atomic mass is 9.96. The number of piperidine rings is 2. The number of esters is 1. The van der Waals surface area contributed by atoms with E-state index in [9.17, 15) is 14.4 Å². The topological polar surface area (TPSA) is 101 Å². The van der Waals surface area contributed by atoms with Gasteiger partial charge < -0.3 is 24.6 Å². The van der Waals surface area contributed by atoms with Crippen LogP contribution in [0.2, 0.25) is 0 Å². The second kappa shape index (κ2) is 10.9. The van der Waals surface area contributed by atoms with Gasteiger partial charge in [0, 0.05) is 38.4 Å². The molecule has 2 aliphatic heterocycles. The molecule has 1 N–H and O–H groups in total. The molecule has 0 unspecified atom stereocenters. The zero-order valence-corrected chi connectivity index (χ0v) is 20.1. The first kappa shape index (κ1) is 24.8. The molecule has 1 aromatic heterocycles. The summed E-state index contributed by atoms with van der Waals surface area (Å²) in [5, 5.41) is 3.18. The maximum absolute atomic E-state index is 13.0. The van der Waals surface area contributed by atoms with Gasteiger partial charge in [-0.15, -0.1) is 0 Å². The van der Waals surface area contributed by atoms with Crippen LogP contribution in [0.25, 0.3) is 0 Å². The number of pyridine rings is 1. The Morgan fingerprint density at radius 2 is 1.88 bits per heavy atom. The van der Waals surface area contributed by atoms with Crippen LogP contribution in [-0.4, -0.2) is 72.3 Å². The number of carbonyl (C=O) groups excluding carboxylic acids is 3. The second-order valence-electron chi connectivity index (χ2n) is 9.68. The Morgan fingerprint density at radius 3 is 2.55 bits per heavy atom. The molecule has 3 heterocycles. The van der Waals surface area contributed by atoms with Crippen molar-refractivity contribution in [3.8, 4) is 0 Å². The van der Waals surface area contributed by atoms with Gasteiger partial charge in [0.2, 0.25) is 5.91 Å².